The summed E-state index contributed by atoms with van der Waals surface area (Å²) >= 11 is 1.84. The standard InChI is InChI=1S/C14H27N3S/c1-7-17(8-2)14-16-13(10(3)4)12(18-14)9-15-11(5)6/h10-11,15H,7-9H2,1-6H3. The Morgan fingerprint density at radius 2 is 1.78 bits per heavy atom. The molecule has 0 amide bonds. The van der Waals surface area contributed by atoms with E-state index >= 15 is 0 Å². The second kappa shape index (κ2) is 7.10. The van der Waals surface area contributed by atoms with Crippen molar-refractivity contribution in [2.45, 2.75) is 60.0 Å². The third kappa shape index (κ3) is 3.95. The van der Waals surface area contributed by atoms with E-state index in [-0.39, 0.29) is 0 Å². The maximum Gasteiger partial charge on any atom is 0.185 e. The Bertz CT molecular complexity index is 354. The Balaban J connectivity index is 2.93. The van der Waals surface area contributed by atoms with Gasteiger partial charge in [-0.2, -0.15) is 0 Å². The number of rotatable bonds is 7. The average molecular weight is 269 g/mol. The van der Waals surface area contributed by atoms with Crippen LogP contribution in [0.25, 0.3) is 0 Å². The van der Waals surface area contributed by atoms with Crippen LogP contribution in [0.1, 0.15) is 58.0 Å². The molecule has 1 aromatic heterocycles. The Morgan fingerprint density at radius 3 is 2.22 bits per heavy atom. The van der Waals surface area contributed by atoms with Gasteiger partial charge in [0.25, 0.3) is 0 Å². The van der Waals surface area contributed by atoms with Crippen LogP contribution in [0.15, 0.2) is 0 Å². The van der Waals surface area contributed by atoms with Gasteiger partial charge in [0.1, 0.15) is 0 Å². The Hall–Kier alpha value is -0.610. The summed E-state index contributed by atoms with van der Waals surface area (Å²) in [5.74, 6) is 0.495. The molecule has 0 spiro atoms. The summed E-state index contributed by atoms with van der Waals surface area (Å²) in [5.41, 5.74) is 1.26. The highest BCUT2D eigenvalue weighted by molar-refractivity contribution is 7.15. The number of nitrogens with zero attached hydrogens (tertiary/aromatic N) is 2. The van der Waals surface area contributed by atoms with E-state index in [1.807, 2.05) is 11.3 Å². The fraction of sp³-hybridized carbons (Fsp3) is 0.786. The average Bonchev–Trinajstić information content (AvgIpc) is 2.72. The van der Waals surface area contributed by atoms with Crippen molar-refractivity contribution in [2.24, 2.45) is 0 Å². The van der Waals surface area contributed by atoms with Gasteiger partial charge in [-0.3, -0.25) is 0 Å². The minimum absolute atomic E-state index is 0.495. The number of anilines is 1. The normalized spacial score (nSPS) is 11.6. The van der Waals surface area contributed by atoms with E-state index in [1.165, 1.54) is 15.7 Å². The highest BCUT2D eigenvalue weighted by Crippen LogP contribution is 2.30. The molecule has 1 rings (SSSR count). The second-order valence-corrected chi connectivity index (χ2v) is 6.23. The first-order valence-electron chi connectivity index (χ1n) is 6.97. The van der Waals surface area contributed by atoms with E-state index in [2.05, 4.69) is 51.8 Å². The van der Waals surface area contributed by atoms with Gasteiger partial charge in [0.2, 0.25) is 0 Å². The van der Waals surface area contributed by atoms with E-state index in [0.717, 1.165) is 19.6 Å². The van der Waals surface area contributed by atoms with Crippen molar-refractivity contribution in [3.63, 3.8) is 0 Å². The van der Waals surface area contributed by atoms with Crippen LogP contribution in [0.4, 0.5) is 5.13 Å². The predicted octanol–water partition coefficient (Wildman–Crippen LogP) is 3.61. The van der Waals surface area contributed by atoms with Crippen molar-refractivity contribution in [1.82, 2.24) is 10.3 Å². The fourth-order valence-electron chi connectivity index (χ4n) is 1.85. The van der Waals surface area contributed by atoms with Gasteiger partial charge in [-0.1, -0.05) is 27.7 Å². The van der Waals surface area contributed by atoms with Crippen molar-refractivity contribution in [3.8, 4) is 0 Å². The van der Waals surface area contributed by atoms with Crippen LogP contribution in [0.2, 0.25) is 0 Å². The summed E-state index contributed by atoms with van der Waals surface area (Å²) in [6.07, 6.45) is 0. The molecule has 104 valence electrons. The van der Waals surface area contributed by atoms with Crippen LogP contribution >= 0.6 is 11.3 Å². The Kier molecular flexibility index (Phi) is 6.09. The van der Waals surface area contributed by atoms with Crippen molar-refractivity contribution < 1.29 is 0 Å². The molecule has 0 bridgehead atoms. The lowest BCUT2D eigenvalue weighted by Crippen LogP contribution is -2.22. The molecule has 0 aliphatic heterocycles. The van der Waals surface area contributed by atoms with Gasteiger partial charge in [0.15, 0.2) is 5.13 Å². The molecule has 0 unspecified atom stereocenters. The SMILES string of the molecule is CCN(CC)c1nc(C(C)C)c(CNC(C)C)s1. The molecule has 0 aliphatic carbocycles. The van der Waals surface area contributed by atoms with Gasteiger partial charge in [-0.25, -0.2) is 4.98 Å². The topological polar surface area (TPSA) is 28.2 Å². The van der Waals surface area contributed by atoms with Crippen LogP contribution in [0, 0.1) is 0 Å². The number of hydrogen-bond acceptors (Lipinski definition) is 4. The molecule has 0 atom stereocenters. The number of hydrogen-bond donors (Lipinski definition) is 1. The van der Waals surface area contributed by atoms with Crippen LogP contribution in [0.3, 0.4) is 0 Å². The molecular formula is C14H27N3S. The smallest absolute Gasteiger partial charge is 0.185 e. The second-order valence-electron chi connectivity index (χ2n) is 5.17. The third-order valence-electron chi connectivity index (χ3n) is 2.97. The molecule has 0 saturated heterocycles. The summed E-state index contributed by atoms with van der Waals surface area (Å²) in [7, 11) is 0. The summed E-state index contributed by atoms with van der Waals surface area (Å²) in [6, 6.07) is 0.518. The largest absolute Gasteiger partial charge is 0.349 e. The monoisotopic (exact) mass is 269 g/mol. The molecule has 18 heavy (non-hydrogen) atoms. The van der Waals surface area contributed by atoms with Gasteiger partial charge in [-0.15, -0.1) is 11.3 Å². The molecule has 0 aliphatic rings. The van der Waals surface area contributed by atoms with Gasteiger partial charge in [0.05, 0.1) is 5.69 Å². The van der Waals surface area contributed by atoms with Gasteiger partial charge in [0, 0.05) is 30.6 Å². The highest BCUT2D eigenvalue weighted by Gasteiger charge is 2.16. The number of thiazole rings is 1. The van der Waals surface area contributed by atoms with E-state index in [1.54, 1.807) is 0 Å². The molecule has 0 fully saturated rings. The lowest BCUT2D eigenvalue weighted by molar-refractivity contribution is 0.588. The molecule has 0 aromatic carbocycles. The lowest BCUT2D eigenvalue weighted by atomic mass is 10.1. The van der Waals surface area contributed by atoms with Crippen molar-refractivity contribution in [1.29, 1.82) is 0 Å². The quantitative estimate of drug-likeness (QED) is 0.819. The maximum absolute atomic E-state index is 4.83. The molecule has 0 radical (unpaired) electrons. The number of nitrogens with one attached hydrogen (secondary N) is 1. The molecular weight excluding hydrogens is 242 g/mol. The van der Waals surface area contributed by atoms with Crippen molar-refractivity contribution in [3.05, 3.63) is 10.6 Å². The summed E-state index contributed by atoms with van der Waals surface area (Å²) < 4.78 is 0. The third-order valence-corrected chi connectivity index (χ3v) is 4.10. The van der Waals surface area contributed by atoms with Crippen LogP contribution in [-0.2, 0) is 6.54 Å². The minimum atomic E-state index is 0.495. The fourth-order valence-corrected chi connectivity index (χ4v) is 3.15. The molecule has 1 N–H and O–H groups in total. The predicted molar refractivity (Wildman–Crippen MR) is 81.7 cm³/mol. The van der Waals surface area contributed by atoms with Gasteiger partial charge in [-0.05, 0) is 19.8 Å². The molecule has 4 heteroatoms. The zero-order valence-corrected chi connectivity index (χ0v) is 13.4. The molecule has 1 aromatic rings. The first-order valence-corrected chi connectivity index (χ1v) is 7.79. The van der Waals surface area contributed by atoms with E-state index in [4.69, 9.17) is 4.98 Å². The highest BCUT2D eigenvalue weighted by atomic mass is 32.1. The van der Waals surface area contributed by atoms with E-state index in [0.29, 0.717) is 12.0 Å². The zero-order valence-electron chi connectivity index (χ0n) is 12.6. The van der Waals surface area contributed by atoms with Crippen LogP contribution in [0.5, 0.6) is 0 Å². The first kappa shape index (κ1) is 15.4. The molecule has 0 saturated carbocycles. The molecule has 3 nitrogen and oxygen atoms in total. The van der Waals surface area contributed by atoms with E-state index in [9.17, 15) is 0 Å². The Labute approximate surface area is 116 Å². The van der Waals surface area contributed by atoms with Crippen molar-refractivity contribution in [2.75, 3.05) is 18.0 Å². The van der Waals surface area contributed by atoms with Crippen molar-refractivity contribution >= 4 is 16.5 Å². The lowest BCUT2D eigenvalue weighted by Gasteiger charge is -2.16. The number of aromatic nitrogens is 1. The summed E-state index contributed by atoms with van der Waals surface area (Å²) in [4.78, 5) is 8.55. The van der Waals surface area contributed by atoms with Crippen LogP contribution < -0.4 is 10.2 Å². The van der Waals surface area contributed by atoms with Crippen LogP contribution in [-0.4, -0.2) is 24.1 Å². The van der Waals surface area contributed by atoms with E-state index < -0.39 is 0 Å². The summed E-state index contributed by atoms with van der Waals surface area (Å²) in [6.45, 7) is 16.2. The maximum atomic E-state index is 4.83. The van der Waals surface area contributed by atoms with Gasteiger partial charge >= 0.3 is 0 Å². The first-order chi connectivity index (χ1) is 8.49. The minimum Gasteiger partial charge on any atom is -0.349 e. The Morgan fingerprint density at radius 1 is 1.17 bits per heavy atom. The summed E-state index contributed by atoms with van der Waals surface area (Å²) in [5, 5.41) is 4.67. The molecule has 1 heterocycles. The van der Waals surface area contributed by atoms with Gasteiger partial charge < -0.3 is 10.2 Å². The zero-order chi connectivity index (χ0) is 13.7.